The lowest BCUT2D eigenvalue weighted by atomic mass is 9.96. The second-order valence-corrected chi connectivity index (χ2v) is 16.9. The highest BCUT2D eigenvalue weighted by Gasteiger charge is 2.35. The van der Waals surface area contributed by atoms with Crippen LogP contribution in [0.2, 0.25) is 0 Å². The van der Waals surface area contributed by atoms with Crippen LogP contribution in [-0.4, -0.2) is 118 Å². The van der Waals surface area contributed by atoms with Crippen molar-refractivity contribution in [3.05, 3.63) is 48.0 Å². The first-order valence-corrected chi connectivity index (χ1v) is 21.8. The van der Waals surface area contributed by atoms with Gasteiger partial charge in [0.15, 0.2) is 0 Å². The molecule has 0 radical (unpaired) electrons. The molecule has 0 aliphatic rings. The highest BCUT2D eigenvalue weighted by Crippen LogP contribution is 2.15. The fraction of sp³-hybridized carbons (Fsp3) is 0.605. The molecule has 8 atom stereocenters. The Balaban J connectivity index is 2.33. The van der Waals surface area contributed by atoms with Crippen LogP contribution in [0.1, 0.15) is 91.8 Å². The summed E-state index contributed by atoms with van der Waals surface area (Å²) in [6.07, 6.45) is 5.06. The Morgan fingerprint density at radius 1 is 0.719 bits per heavy atom. The second-order valence-electron chi connectivity index (χ2n) is 16.9. The Kier molecular flexibility index (Phi) is 22.9. The van der Waals surface area contributed by atoms with E-state index in [1.807, 2.05) is 13.8 Å². The SMILES string of the molecule is CCC(C)C(NC(=O)C(Cc1ccc(O)cc1)NC(=O)C(NC(=O)CNC(=O)C(N)CCCCN)C(C)C)C(=O)NC(Cc1cnc[nH]1)C(=O)NC(C)C(=O)NC(CC(C)C)C(N)=O. The molecule has 1 aromatic carbocycles. The van der Waals surface area contributed by atoms with E-state index in [-0.39, 0.29) is 30.9 Å². The van der Waals surface area contributed by atoms with Gasteiger partial charge in [-0.15, -0.1) is 0 Å². The number of H-pyrrole nitrogens is 1. The highest BCUT2D eigenvalue weighted by atomic mass is 16.3. The summed E-state index contributed by atoms with van der Waals surface area (Å²) in [5, 5.41) is 28.3. The van der Waals surface area contributed by atoms with Crippen LogP contribution in [0.3, 0.4) is 0 Å². The van der Waals surface area contributed by atoms with Gasteiger partial charge in [0.2, 0.25) is 47.3 Å². The molecule has 356 valence electrons. The first-order chi connectivity index (χ1) is 30.2. The van der Waals surface area contributed by atoms with Crippen molar-refractivity contribution in [2.45, 2.75) is 136 Å². The summed E-state index contributed by atoms with van der Waals surface area (Å²) < 4.78 is 0. The molecule has 0 aliphatic carbocycles. The van der Waals surface area contributed by atoms with Gasteiger partial charge in [-0.2, -0.15) is 0 Å². The first kappa shape index (κ1) is 54.0. The summed E-state index contributed by atoms with van der Waals surface area (Å²) >= 11 is 0. The number of hydrogen-bond acceptors (Lipinski definition) is 12. The third-order valence-electron chi connectivity index (χ3n) is 10.5. The van der Waals surface area contributed by atoms with Gasteiger partial charge >= 0.3 is 0 Å². The van der Waals surface area contributed by atoms with E-state index in [2.05, 4.69) is 47.2 Å². The zero-order valence-corrected chi connectivity index (χ0v) is 38.0. The predicted octanol–water partition coefficient (Wildman–Crippen LogP) is -1.36. The minimum Gasteiger partial charge on any atom is -0.508 e. The van der Waals surface area contributed by atoms with Crippen molar-refractivity contribution in [3.8, 4) is 5.75 Å². The van der Waals surface area contributed by atoms with Gasteiger partial charge in [0.1, 0.15) is 42.0 Å². The summed E-state index contributed by atoms with van der Waals surface area (Å²) in [6.45, 7) is 12.0. The minimum absolute atomic E-state index is 0.0294. The molecule has 21 nitrogen and oxygen atoms in total. The average Bonchev–Trinajstić information content (AvgIpc) is 3.76. The number of primary amides is 1. The number of unbranched alkanes of at least 4 members (excludes halogenated alkanes) is 1. The lowest BCUT2D eigenvalue weighted by molar-refractivity contribution is -0.136. The smallest absolute Gasteiger partial charge is 0.243 e. The Hall–Kier alpha value is -6.09. The van der Waals surface area contributed by atoms with Crippen molar-refractivity contribution in [2.24, 2.45) is 35.0 Å². The molecule has 1 aromatic heterocycles. The molecule has 0 fully saturated rings. The van der Waals surface area contributed by atoms with Crippen molar-refractivity contribution >= 4 is 47.3 Å². The fourth-order valence-electron chi connectivity index (χ4n) is 6.47. The normalized spacial score (nSPS) is 15.0. The van der Waals surface area contributed by atoms with Crippen LogP contribution in [-0.2, 0) is 51.2 Å². The van der Waals surface area contributed by atoms with Gasteiger partial charge in [-0.05, 0) is 68.2 Å². The number of carbonyl (C=O) groups excluding carboxylic acids is 8. The molecule has 0 saturated heterocycles. The van der Waals surface area contributed by atoms with Crippen molar-refractivity contribution in [3.63, 3.8) is 0 Å². The van der Waals surface area contributed by atoms with Crippen LogP contribution in [0.25, 0.3) is 0 Å². The Morgan fingerprint density at radius 3 is 1.86 bits per heavy atom. The van der Waals surface area contributed by atoms with E-state index in [1.54, 1.807) is 39.8 Å². The topological polar surface area (TPSA) is 348 Å². The van der Waals surface area contributed by atoms with E-state index < -0.39 is 108 Å². The standard InChI is InChI=1S/C43H70N12O9/c1-8-25(6)36(43(64)53-33(19-28-20-47-22-49-28)40(61)50-26(7)38(59)51-31(37(46)58)17-23(2)3)55-41(62)32(18-27-12-14-29(56)15-13-27)52-42(63)35(24(4)5)54-34(57)21-48-39(60)30(45)11-9-10-16-44/h12-15,20,22-26,30-33,35-36,56H,8-11,16-19,21,44-45H2,1-7H3,(H2,46,58)(H,47,49)(H,48,60)(H,50,61)(H,51,59)(H,52,63)(H,53,64)(H,54,57)(H,55,62). The Bertz CT molecular complexity index is 1840. The van der Waals surface area contributed by atoms with Crippen LogP contribution < -0.4 is 54.4 Å². The number of amides is 8. The molecule has 64 heavy (non-hydrogen) atoms. The molecule has 0 saturated carbocycles. The number of aromatic hydroxyl groups is 1. The number of benzene rings is 1. The predicted molar refractivity (Wildman–Crippen MR) is 238 cm³/mol. The molecule has 8 unspecified atom stereocenters. The van der Waals surface area contributed by atoms with Gasteiger partial charge in [0.05, 0.1) is 18.9 Å². The first-order valence-electron chi connectivity index (χ1n) is 21.8. The van der Waals surface area contributed by atoms with Gasteiger partial charge in [-0.3, -0.25) is 38.4 Å². The number of nitrogens with one attached hydrogen (secondary N) is 8. The molecular weight excluding hydrogens is 829 g/mol. The molecule has 21 heteroatoms. The summed E-state index contributed by atoms with van der Waals surface area (Å²) in [5.41, 5.74) is 17.9. The number of phenols is 1. The van der Waals surface area contributed by atoms with Gasteiger partial charge < -0.3 is 64.5 Å². The molecule has 1 heterocycles. The Labute approximate surface area is 374 Å². The number of nitrogens with zero attached hydrogens (tertiary/aromatic N) is 1. The van der Waals surface area contributed by atoms with E-state index in [0.29, 0.717) is 43.5 Å². The van der Waals surface area contributed by atoms with Crippen LogP contribution >= 0.6 is 0 Å². The van der Waals surface area contributed by atoms with Crippen molar-refractivity contribution in [1.82, 2.24) is 47.2 Å². The highest BCUT2D eigenvalue weighted by molar-refractivity contribution is 5.97. The summed E-state index contributed by atoms with van der Waals surface area (Å²) in [5.74, 6) is -6.57. The van der Waals surface area contributed by atoms with Crippen LogP contribution in [0.5, 0.6) is 5.75 Å². The number of aromatic amines is 1. The van der Waals surface area contributed by atoms with E-state index in [1.165, 1.54) is 31.6 Å². The number of nitrogens with two attached hydrogens (primary N) is 3. The summed E-state index contributed by atoms with van der Waals surface area (Å²) in [6, 6.07) is -2.02. The van der Waals surface area contributed by atoms with Crippen molar-refractivity contribution in [1.29, 1.82) is 0 Å². The second kappa shape index (κ2) is 27.2. The van der Waals surface area contributed by atoms with E-state index >= 15 is 0 Å². The number of rotatable bonds is 28. The maximum atomic E-state index is 14.3. The number of carbonyl (C=O) groups is 8. The lowest BCUT2D eigenvalue weighted by Crippen LogP contribution is -2.61. The number of aromatic nitrogens is 2. The quantitative estimate of drug-likeness (QED) is 0.0441. The van der Waals surface area contributed by atoms with Gasteiger partial charge in [0.25, 0.3) is 0 Å². The Morgan fingerprint density at radius 2 is 1.31 bits per heavy atom. The number of imidazole rings is 1. The molecule has 2 aromatic rings. The van der Waals surface area contributed by atoms with Crippen molar-refractivity contribution < 1.29 is 43.5 Å². The average molecular weight is 899 g/mol. The van der Waals surface area contributed by atoms with Crippen LogP contribution in [0.15, 0.2) is 36.8 Å². The maximum absolute atomic E-state index is 14.3. The molecule has 8 amide bonds. The summed E-state index contributed by atoms with van der Waals surface area (Å²) in [4.78, 5) is 113. The zero-order valence-electron chi connectivity index (χ0n) is 38.0. The molecule has 15 N–H and O–H groups in total. The lowest BCUT2D eigenvalue weighted by Gasteiger charge is -2.30. The third kappa shape index (κ3) is 18.7. The third-order valence-corrected chi connectivity index (χ3v) is 10.5. The van der Waals surface area contributed by atoms with E-state index in [9.17, 15) is 43.5 Å². The molecular formula is C43H70N12O9. The van der Waals surface area contributed by atoms with Gasteiger partial charge in [0, 0.05) is 24.7 Å². The number of phenolic OH excluding ortho intramolecular Hbond substituents is 1. The molecule has 0 spiro atoms. The molecule has 0 aliphatic heterocycles. The van der Waals surface area contributed by atoms with Gasteiger partial charge in [-0.1, -0.05) is 66.5 Å². The van der Waals surface area contributed by atoms with E-state index in [4.69, 9.17) is 17.2 Å². The van der Waals surface area contributed by atoms with Gasteiger partial charge in [-0.25, -0.2) is 4.98 Å². The fourth-order valence-corrected chi connectivity index (χ4v) is 6.47. The van der Waals surface area contributed by atoms with Crippen LogP contribution in [0, 0.1) is 17.8 Å². The van der Waals surface area contributed by atoms with Crippen molar-refractivity contribution in [2.75, 3.05) is 13.1 Å². The molecule has 0 bridgehead atoms. The minimum atomic E-state index is -1.32. The monoisotopic (exact) mass is 899 g/mol. The maximum Gasteiger partial charge on any atom is 0.243 e. The number of hydrogen-bond donors (Lipinski definition) is 12. The molecule has 2 rings (SSSR count). The van der Waals surface area contributed by atoms with Crippen LogP contribution in [0.4, 0.5) is 0 Å². The van der Waals surface area contributed by atoms with E-state index in [0.717, 1.165) is 0 Å². The zero-order chi connectivity index (χ0) is 48.1. The summed E-state index contributed by atoms with van der Waals surface area (Å²) in [7, 11) is 0. The largest absolute Gasteiger partial charge is 0.508 e.